The number of amides is 1. The third kappa shape index (κ3) is 3.23. The summed E-state index contributed by atoms with van der Waals surface area (Å²) in [5.74, 6) is -1.30. The van der Waals surface area contributed by atoms with Gasteiger partial charge in [0.1, 0.15) is 23.2 Å². The molecule has 0 fully saturated rings. The van der Waals surface area contributed by atoms with E-state index in [9.17, 15) is 18.4 Å². The molecular formula is C19H18F2N4O3. The first-order chi connectivity index (χ1) is 13.5. The number of nitrogens with zero attached hydrogens (tertiary/aromatic N) is 3. The number of hydrogen-bond acceptors (Lipinski definition) is 4. The summed E-state index contributed by atoms with van der Waals surface area (Å²) >= 11 is 0. The predicted octanol–water partition coefficient (Wildman–Crippen LogP) is 2.40. The summed E-state index contributed by atoms with van der Waals surface area (Å²) in [5, 5.41) is 0.310. The maximum Gasteiger partial charge on any atom is 0.305 e. The van der Waals surface area contributed by atoms with Gasteiger partial charge < -0.3 is 19.2 Å². The van der Waals surface area contributed by atoms with Gasteiger partial charge in [-0.25, -0.2) is 13.8 Å². The number of benzene rings is 1. The molecule has 3 aromatic rings. The number of esters is 1. The maximum absolute atomic E-state index is 13.9. The molecule has 1 aliphatic heterocycles. The molecule has 28 heavy (non-hydrogen) atoms. The zero-order chi connectivity index (χ0) is 19.8. The van der Waals surface area contributed by atoms with Crippen LogP contribution < -0.4 is 0 Å². The lowest BCUT2D eigenvalue weighted by Crippen LogP contribution is -2.39. The van der Waals surface area contributed by atoms with Crippen molar-refractivity contribution in [2.24, 2.45) is 0 Å². The van der Waals surface area contributed by atoms with Gasteiger partial charge in [0.05, 0.1) is 25.6 Å². The van der Waals surface area contributed by atoms with Crippen LogP contribution in [0.5, 0.6) is 0 Å². The predicted molar refractivity (Wildman–Crippen MR) is 95.5 cm³/mol. The van der Waals surface area contributed by atoms with Gasteiger partial charge in [-0.15, -0.1) is 0 Å². The Labute approximate surface area is 158 Å². The van der Waals surface area contributed by atoms with Crippen molar-refractivity contribution in [3.05, 3.63) is 53.2 Å². The Hall–Kier alpha value is -3.23. The van der Waals surface area contributed by atoms with Crippen LogP contribution in [0.4, 0.5) is 8.78 Å². The zero-order valence-corrected chi connectivity index (χ0v) is 15.2. The maximum atomic E-state index is 13.9. The van der Waals surface area contributed by atoms with Crippen LogP contribution in [0.3, 0.4) is 0 Å². The monoisotopic (exact) mass is 388 g/mol. The van der Waals surface area contributed by atoms with Crippen molar-refractivity contribution >= 4 is 22.8 Å². The van der Waals surface area contributed by atoms with Crippen molar-refractivity contribution in [2.45, 2.75) is 25.9 Å². The molecule has 3 heterocycles. The fraction of sp³-hybridized carbons (Fsp3) is 0.316. The Bertz CT molecular complexity index is 1070. The van der Waals surface area contributed by atoms with Crippen molar-refractivity contribution < 1.29 is 23.1 Å². The number of halogens is 2. The number of carbonyl (C=O) groups excluding carboxylic acids is 2. The number of aromatic amines is 1. The molecular weight excluding hydrogens is 370 g/mol. The van der Waals surface area contributed by atoms with Crippen molar-refractivity contribution in [2.75, 3.05) is 13.7 Å². The van der Waals surface area contributed by atoms with Crippen LogP contribution in [-0.4, -0.2) is 45.0 Å². The molecule has 1 aromatic carbocycles. The number of carbonyl (C=O) groups is 2. The van der Waals surface area contributed by atoms with Crippen LogP contribution in [0.2, 0.25) is 0 Å². The van der Waals surface area contributed by atoms with E-state index in [2.05, 4.69) is 14.7 Å². The van der Waals surface area contributed by atoms with Gasteiger partial charge in [-0.1, -0.05) is 0 Å². The van der Waals surface area contributed by atoms with Gasteiger partial charge in [-0.3, -0.25) is 9.59 Å². The number of hydrogen-bond donors (Lipinski definition) is 1. The summed E-state index contributed by atoms with van der Waals surface area (Å²) in [6.45, 7) is 1.28. The molecule has 0 saturated heterocycles. The molecule has 7 nitrogen and oxygen atoms in total. The van der Waals surface area contributed by atoms with Crippen LogP contribution in [-0.2, 0) is 29.0 Å². The second kappa shape index (κ2) is 7.06. The van der Waals surface area contributed by atoms with Crippen LogP contribution in [0.25, 0.3) is 10.9 Å². The summed E-state index contributed by atoms with van der Waals surface area (Å²) in [4.78, 5) is 32.9. The number of fused-ring (bicyclic) bond motifs is 2. The highest BCUT2D eigenvalue weighted by Crippen LogP contribution is 2.23. The lowest BCUT2D eigenvalue weighted by molar-refractivity contribution is -0.140. The number of aromatic nitrogens is 3. The summed E-state index contributed by atoms with van der Waals surface area (Å²) in [7, 11) is 1.35. The molecule has 4 rings (SSSR count). The Balaban J connectivity index is 1.51. The van der Waals surface area contributed by atoms with Gasteiger partial charge in [0.25, 0.3) is 5.91 Å². The van der Waals surface area contributed by atoms with E-state index in [0.717, 1.165) is 11.8 Å². The summed E-state index contributed by atoms with van der Waals surface area (Å²) in [6.07, 6.45) is 2.48. The number of rotatable bonds is 4. The molecule has 0 saturated carbocycles. The molecule has 1 amide bonds. The third-order valence-corrected chi connectivity index (χ3v) is 4.92. The molecule has 0 spiro atoms. The van der Waals surface area contributed by atoms with Gasteiger partial charge in [0, 0.05) is 36.4 Å². The number of imidazole rings is 1. The average molecular weight is 388 g/mol. The lowest BCUT2D eigenvalue weighted by Gasteiger charge is -2.28. The summed E-state index contributed by atoms with van der Waals surface area (Å²) in [5.41, 5.74) is 1.22. The van der Waals surface area contributed by atoms with E-state index in [1.54, 1.807) is 11.1 Å². The Morgan fingerprint density at radius 3 is 2.86 bits per heavy atom. The number of aryl methyl sites for hydroxylation is 1. The molecule has 0 unspecified atom stereocenters. The van der Waals surface area contributed by atoms with E-state index in [1.165, 1.54) is 19.2 Å². The standard InChI is InChI=1S/C19H18F2N4O3/c1-28-17(26)3-2-13-9-22-16-10-24(4-5-25(13)16)19(27)15-7-11-6-12(20)8-14(21)18(11)23-15/h6-9,23H,2-5,10H2,1H3. The summed E-state index contributed by atoms with van der Waals surface area (Å²) in [6, 6.07) is 3.41. The molecule has 9 heteroatoms. The molecule has 1 N–H and O–H groups in total. The molecule has 2 aromatic heterocycles. The number of ether oxygens (including phenoxy) is 1. The molecule has 146 valence electrons. The SMILES string of the molecule is COC(=O)CCc1cnc2n1CCN(C(=O)c1cc3cc(F)cc(F)c3[nH]1)C2. The van der Waals surface area contributed by atoms with Gasteiger partial charge >= 0.3 is 5.97 Å². The second-order valence-electron chi connectivity index (χ2n) is 6.66. The van der Waals surface area contributed by atoms with Crippen LogP contribution >= 0.6 is 0 Å². The highest BCUT2D eigenvalue weighted by atomic mass is 19.1. The van der Waals surface area contributed by atoms with Gasteiger partial charge in [-0.05, 0) is 18.6 Å². The normalized spacial score (nSPS) is 13.6. The minimum Gasteiger partial charge on any atom is -0.469 e. The lowest BCUT2D eigenvalue weighted by atomic mass is 10.2. The van der Waals surface area contributed by atoms with E-state index < -0.39 is 11.6 Å². The molecule has 0 bridgehead atoms. The molecule has 1 aliphatic rings. The number of H-pyrrole nitrogens is 1. The number of methoxy groups -OCH3 is 1. The van der Waals surface area contributed by atoms with Crippen LogP contribution in [0.15, 0.2) is 24.4 Å². The fourth-order valence-corrected chi connectivity index (χ4v) is 3.48. The highest BCUT2D eigenvalue weighted by molar-refractivity contribution is 5.98. The van der Waals surface area contributed by atoms with E-state index in [1.807, 2.05) is 4.57 Å². The molecule has 0 radical (unpaired) electrons. The smallest absolute Gasteiger partial charge is 0.305 e. The first-order valence-electron chi connectivity index (χ1n) is 8.83. The molecule has 0 aliphatic carbocycles. The van der Waals surface area contributed by atoms with E-state index >= 15 is 0 Å². The van der Waals surface area contributed by atoms with E-state index in [-0.39, 0.29) is 29.5 Å². The van der Waals surface area contributed by atoms with Gasteiger partial charge in [-0.2, -0.15) is 0 Å². The topological polar surface area (TPSA) is 80.2 Å². The first kappa shape index (κ1) is 18.1. The Morgan fingerprint density at radius 2 is 2.07 bits per heavy atom. The average Bonchev–Trinajstić information content (AvgIpc) is 3.29. The highest BCUT2D eigenvalue weighted by Gasteiger charge is 2.26. The van der Waals surface area contributed by atoms with Crippen molar-refractivity contribution in [1.82, 2.24) is 19.4 Å². The van der Waals surface area contributed by atoms with E-state index in [4.69, 9.17) is 0 Å². The summed E-state index contributed by atoms with van der Waals surface area (Å²) < 4.78 is 33.9. The van der Waals surface area contributed by atoms with Crippen molar-refractivity contribution in [3.8, 4) is 0 Å². The minimum absolute atomic E-state index is 0.105. The fourth-order valence-electron chi connectivity index (χ4n) is 3.48. The minimum atomic E-state index is -0.738. The van der Waals surface area contributed by atoms with Crippen molar-refractivity contribution in [3.63, 3.8) is 0 Å². The Kier molecular flexibility index (Phi) is 4.58. The van der Waals surface area contributed by atoms with Gasteiger partial charge in [0.2, 0.25) is 0 Å². The van der Waals surface area contributed by atoms with Gasteiger partial charge in [0.15, 0.2) is 0 Å². The van der Waals surface area contributed by atoms with Crippen LogP contribution in [0, 0.1) is 11.6 Å². The molecule has 0 atom stereocenters. The second-order valence-corrected chi connectivity index (χ2v) is 6.66. The third-order valence-electron chi connectivity index (χ3n) is 4.92. The quantitative estimate of drug-likeness (QED) is 0.696. The Morgan fingerprint density at radius 1 is 1.25 bits per heavy atom. The van der Waals surface area contributed by atoms with Crippen molar-refractivity contribution in [1.29, 1.82) is 0 Å². The van der Waals surface area contributed by atoms with Crippen LogP contribution in [0.1, 0.15) is 28.4 Å². The first-order valence-corrected chi connectivity index (χ1v) is 8.83. The zero-order valence-electron chi connectivity index (χ0n) is 15.2. The van der Waals surface area contributed by atoms with E-state index in [0.29, 0.717) is 37.3 Å². The number of nitrogens with one attached hydrogen (secondary N) is 1. The largest absolute Gasteiger partial charge is 0.469 e.